The fourth-order valence-electron chi connectivity index (χ4n) is 2.36. The number of nitrogens with one attached hydrogen (secondary N) is 1. The molecule has 0 radical (unpaired) electrons. The van der Waals surface area contributed by atoms with E-state index in [0.29, 0.717) is 11.1 Å². The number of benzene rings is 1. The van der Waals surface area contributed by atoms with Gasteiger partial charge in [-0.1, -0.05) is 6.08 Å². The predicted octanol–water partition coefficient (Wildman–Crippen LogP) is 3.26. The van der Waals surface area contributed by atoms with Crippen molar-refractivity contribution in [1.29, 1.82) is 0 Å². The minimum atomic E-state index is -1.31. The number of nitrogens with zero attached hydrogens (tertiary/aromatic N) is 2. The molecule has 0 aliphatic heterocycles. The molecule has 9 heteroatoms. The maximum absolute atomic E-state index is 14.1. The number of hydrogen-bond acceptors (Lipinski definition) is 5. The van der Waals surface area contributed by atoms with Gasteiger partial charge < -0.3 is 16.2 Å². The first-order valence-electron chi connectivity index (χ1n) is 7.13. The van der Waals surface area contributed by atoms with Crippen LogP contribution in [0.4, 0.5) is 20.6 Å². The van der Waals surface area contributed by atoms with Gasteiger partial charge in [0.25, 0.3) is 5.69 Å². The Balaban J connectivity index is 2.49. The maximum Gasteiger partial charge on any atom is 0.405 e. The molecule has 1 aromatic heterocycles. The van der Waals surface area contributed by atoms with Crippen molar-refractivity contribution in [1.82, 2.24) is 10.3 Å². The fraction of sp³-hybridized carbons (Fsp3) is 0.125. The Kier molecular flexibility index (Phi) is 5.28. The summed E-state index contributed by atoms with van der Waals surface area (Å²) in [5, 5.41) is 21.9. The van der Waals surface area contributed by atoms with Crippen molar-refractivity contribution >= 4 is 17.5 Å². The van der Waals surface area contributed by atoms with Crippen molar-refractivity contribution in [2.45, 2.75) is 12.5 Å². The van der Waals surface area contributed by atoms with Crippen LogP contribution in [-0.2, 0) is 0 Å². The second-order valence-corrected chi connectivity index (χ2v) is 5.16. The number of aromatic nitrogens is 1. The number of amides is 1. The van der Waals surface area contributed by atoms with Crippen LogP contribution in [0.15, 0.2) is 43.1 Å². The molecule has 0 saturated carbocycles. The van der Waals surface area contributed by atoms with E-state index >= 15 is 0 Å². The molecule has 1 aromatic carbocycles. The number of rotatable bonds is 6. The van der Waals surface area contributed by atoms with Crippen LogP contribution in [0.5, 0.6) is 0 Å². The van der Waals surface area contributed by atoms with Gasteiger partial charge in [-0.05, 0) is 18.6 Å². The van der Waals surface area contributed by atoms with Gasteiger partial charge in [0.05, 0.1) is 11.0 Å². The SMILES string of the molecule is C=CC[C@H](NC(=O)O)c1cc(-c2ccc([N+](=O)[O-])cc2N)cnc1F. The number of anilines is 1. The van der Waals surface area contributed by atoms with E-state index in [1.165, 1.54) is 36.5 Å². The molecule has 1 heterocycles. The summed E-state index contributed by atoms with van der Waals surface area (Å²) < 4.78 is 14.1. The number of nitro groups is 1. The third kappa shape index (κ3) is 4.08. The zero-order valence-electron chi connectivity index (χ0n) is 13.0. The lowest BCUT2D eigenvalue weighted by molar-refractivity contribution is -0.384. The first kappa shape index (κ1) is 17.9. The molecule has 25 heavy (non-hydrogen) atoms. The van der Waals surface area contributed by atoms with Crippen LogP contribution in [0.2, 0.25) is 0 Å². The Morgan fingerprint density at radius 1 is 1.52 bits per heavy atom. The first-order valence-corrected chi connectivity index (χ1v) is 7.13. The van der Waals surface area contributed by atoms with E-state index in [9.17, 15) is 19.3 Å². The first-order chi connectivity index (χ1) is 11.8. The van der Waals surface area contributed by atoms with Crippen molar-refractivity contribution in [3.63, 3.8) is 0 Å². The molecule has 2 aromatic rings. The number of non-ortho nitro benzene ring substituents is 1. The lowest BCUT2D eigenvalue weighted by Gasteiger charge is -2.17. The second-order valence-electron chi connectivity index (χ2n) is 5.16. The quantitative estimate of drug-likeness (QED) is 0.242. The van der Waals surface area contributed by atoms with Gasteiger partial charge in [-0.25, -0.2) is 9.78 Å². The number of halogens is 1. The molecule has 0 aliphatic carbocycles. The molecule has 4 N–H and O–H groups in total. The zero-order valence-corrected chi connectivity index (χ0v) is 13.0. The topological polar surface area (TPSA) is 131 Å². The monoisotopic (exact) mass is 346 g/mol. The highest BCUT2D eigenvalue weighted by atomic mass is 19.1. The molecule has 130 valence electrons. The van der Waals surface area contributed by atoms with E-state index in [1.807, 2.05) is 0 Å². The van der Waals surface area contributed by atoms with Crippen LogP contribution >= 0.6 is 0 Å². The van der Waals surface area contributed by atoms with Gasteiger partial charge in [-0.2, -0.15) is 4.39 Å². The third-order valence-corrected chi connectivity index (χ3v) is 3.50. The molecule has 0 fully saturated rings. The highest BCUT2D eigenvalue weighted by Crippen LogP contribution is 2.31. The summed E-state index contributed by atoms with van der Waals surface area (Å²) in [4.78, 5) is 24.7. The standard InChI is InChI=1S/C16H15FN4O4/c1-2-3-14(20-16(22)23)12-6-9(8-19-15(12)17)11-5-4-10(21(24)25)7-13(11)18/h2,4-8,14,20H,1,3,18H2,(H,22,23)/t14-/m0/s1. The number of carboxylic acid groups (broad SMARTS) is 1. The van der Waals surface area contributed by atoms with Crippen molar-refractivity contribution in [3.8, 4) is 11.1 Å². The Morgan fingerprint density at radius 2 is 2.24 bits per heavy atom. The smallest absolute Gasteiger partial charge is 0.405 e. The van der Waals surface area contributed by atoms with Gasteiger partial charge in [0, 0.05) is 40.7 Å². The lowest BCUT2D eigenvalue weighted by Crippen LogP contribution is -2.27. The highest BCUT2D eigenvalue weighted by molar-refractivity contribution is 5.78. The van der Waals surface area contributed by atoms with Crippen molar-refractivity contribution < 1.29 is 19.2 Å². The molecule has 0 unspecified atom stereocenters. The Morgan fingerprint density at radius 3 is 2.80 bits per heavy atom. The molecule has 8 nitrogen and oxygen atoms in total. The molecule has 0 aliphatic rings. The van der Waals surface area contributed by atoms with E-state index in [2.05, 4.69) is 16.9 Å². The van der Waals surface area contributed by atoms with E-state index in [4.69, 9.17) is 10.8 Å². The summed E-state index contributed by atoms with van der Waals surface area (Å²) in [6.45, 7) is 3.52. The molecule has 1 amide bonds. The van der Waals surface area contributed by atoms with Crippen LogP contribution in [-0.4, -0.2) is 21.1 Å². The van der Waals surface area contributed by atoms with Gasteiger partial charge in [-0.3, -0.25) is 10.1 Å². The Labute approximate surface area is 142 Å². The maximum atomic E-state index is 14.1. The summed E-state index contributed by atoms with van der Waals surface area (Å²) in [6, 6.07) is 4.42. The molecule has 0 bridgehead atoms. The molecule has 0 spiro atoms. The van der Waals surface area contributed by atoms with Gasteiger partial charge in [-0.15, -0.1) is 6.58 Å². The van der Waals surface area contributed by atoms with Crippen LogP contribution in [0.25, 0.3) is 11.1 Å². The summed E-state index contributed by atoms with van der Waals surface area (Å²) in [6.07, 6.45) is 1.52. The normalized spacial score (nSPS) is 11.6. The second kappa shape index (κ2) is 7.39. The van der Waals surface area contributed by atoms with Crippen molar-refractivity contribution in [2.75, 3.05) is 5.73 Å². The molecular formula is C16H15FN4O4. The molecular weight excluding hydrogens is 331 g/mol. The third-order valence-electron chi connectivity index (χ3n) is 3.50. The average molecular weight is 346 g/mol. The van der Waals surface area contributed by atoms with E-state index in [1.54, 1.807) is 0 Å². The highest BCUT2D eigenvalue weighted by Gasteiger charge is 2.19. The number of nitrogen functional groups attached to an aromatic ring is 1. The van der Waals surface area contributed by atoms with Crippen LogP contribution in [0.1, 0.15) is 18.0 Å². The minimum absolute atomic E-state index is 0.0255. The Bertz CT molecular complexity index is 841. The lowest BCUT2D eigenvalue weighted by atomic mass is 9.99. The van der Waals surface area contributed by atoms with Crippen LogP contribution in [0, 0.1) is 16.1 Å². The minimum Gasteiger partial charge on any atom is -0.465 e. The molecule has 1 atom stereocenters. The summed E-state index contributed by atoms with van der Waals surface area (Å²) in [7, 11) is 0. The van der Waals surface area contributed by atoms with Crippen LogP contribution < -0.4 is 11.1 Å². The van der Waals surface area contributed by atoms with Gasteiger partial charge >= 0.3 is 6.09 Å². The fourth-order valence-corrected chi connectivity index (χ4v) is 2.36. The predicted molar refractivity (Wildman–Crippen MR) is 89.4 cm³/mol. The zero-order chi connectivity index (χ0) is 18.6. The number of hydrogen-bond donors (Lipinski definition) is 3. The van der Waals surface area contributed by atoms with Gasteiger partial charge in [0.15, 0.2) is 0 Å². The van der Waals surface area contributed by atoms with E-state index < -0.39 is 23.0 Å². The van der Waals surface area contributed by atoms with Crippen molar-refractivity contribution in [2.24, 2.45) is 0 Å². The summed E-state index contributed by atoms with van der Waals surface area (Å²) >= 11 is 0. The van der Waals surface area contributed by atoms with Gasteiger partial charge in [0.1, 0.15) is 0 Å². The Hall–Kier alpha value is -3.49. The number of nitro benzene ring substituents is 1. The summed E-state index contributed by atoms with van der Waals surface area (Å²) in [5.41, 5.74) is 6.65. The number of carbonyl (C=O) groups is 1. The van der Waals surface area contributed by atoms with E-state index in [-0.39, 0.29) is 23.4 Å². The van der Waals surface area contributed by atoms with Crippen molar-refractivity contribution in [3.05, 3.63) is 64.7 Å². The van der Waals surface area contributed by atoms with E-state index in [0.717, 1.165) is 0 Å². The average Bonchev–Trinajstić information content (AvgIpc) is 2.54. The largest absolute Gasteiger partial charge is 0.465 e. The number of nitrogens with two attached hydrogens (primary N) is 1. The number of pyridine rings is 1. The molecule has 2 rings (SSSR count). The molecule has 0 saturated heterocycles. The summed E-state index contributed by atoms with van der Waals surface area (Å²) in [5.74, 6) is -0.829. The van der Waals surface area contributed by atoms with Crippen LogP contribution in [0.3, 0.4) is 0 Å². The van der Waals surface area contributed by atoms with Gasteiger partial charge in [0.2, 0.25) is 5.95 Å².